The smallest absolute Gasteiger partial charge is 0.135 e. The quantitative estimate of drug-likeness (QED) is 0.755. The second-order valence-electron chi connectivity index (χ2n) is 4.77. The zero-order valence-electron chi connectivity index (χ0n) is 10.4. The zero-order valence-corrected chi connectivity index (χ0v) is 13.6. The molecule has 0 bridgehead atoms. The highest BCUT2D eigenvalue weighted by atomic mass is 79.9. The van der Waals surface area contributed by atoms with Crippen LogP contribution in [0.15, 0.2) is 22.0 Å². The van der Waals surface area contributed by atoms with Gasteiger partial charge in [-0.2, -0.15) is 0 Å². The van der Waals surface area contributed by atoms with E-state index in [2.05, 4.69) is 42.2 Å². The van der Waals surface area contributed by atoms with Crippen LogP contribution >= 0.6 is 38.9 Å². The second-order valence-corrected chi connectivity index (χ2v) is 7.07. The lowest BCUT2D eigenvalue weighted by Gasteiger charge is -2.18. The molecule has 0 aliphatic heterocycles. The van der Waals surface area contributed by atoms with Crippen molar-refractivity contribution in [1.29, 1.82) is 0 Å². The lowest BCUT2D eigenvalue weighted by atomic mass is 10.3. The third kappa shape index (κ3) is 3.27. The maximum atomic E-state index is 6.09. The summed E-state index contributed by atoms with van der Waals surface area (Å²) in [5.41, 5.74) is 0. The van der Waals surface area contributed by atoms with Crippen molar-refractivity contribution in [1.82, 2.24) is 9.97 Å². The Morgan fingerprint density at radius 1 is 1.42 bits per heavy atom. The molecule has 1 aliphatic carbocycles. The van der Waals surface area contributed by atoms with Crippen LogP contribution in [0.25, 0.3) is 0 Å². The standard InChI is InChI=1S/C13H13BrClN3S/c1-18(6-10-4-9(14)7-19-10)12-5-11(15)16-13(17-12)8-2-3-8/h4-5,7-8H,2-3,6H2,1H3. The maximum Gasteiger partial charge on any atom is 0.135 e. The van der Waals surface area contributed by atoms with E-state index in [1.807, 2.05) is 13.1 Å². The van der Waals surface area contributed by atoms with Gasteiger partial charge in [0.05, 0.1) is 6.54 Å². The number of nitrogens with zero attached hydrogens (tertiary/aromatic N) is 3. The monoisotopic (exact) mass is 357 g/mol. The first-order valence-corrected chi connectivity index (χ1v) is 8.15. The molecule has 1 aliphatic rings. The van der Waals surface area contributed by atoms with Crippen molar-refractivity contribution < 1.29 is 0 Å². The van der Waals surface area contributed by atoms with Gasteiger partial charge >= 0.3 is 0 Å². The average Bonchev–Trinajstić information content (AvgIpc) is 3.13. The predicted molar refractivity (Wildman–Crippen MR) is 83.1 cm³/mol. The fourth-order valence-corrected chi connectivity index (χ4v) is 3.58. The molecule has 2 aromatic rings. The molecular weight excluding hydrogens is 346 g/mol. The van der Waals surface area contributed by atoms with Crippen LogP contribution in [0.4, 0.5) is 5.82 Å². The Morgan fingerprint density at radius 2 is 2.21 bits per heavy atom. The highest BCUT2D eigenvalue weighted by Crippen LogP contribution is 2.39. The summed E-state index contributed by atoms with van der Waals surface area (Å²) < 4.78 is 1.13. The Kier molecular flexibility index (Phi) is 3.78. The third-order valence-electron chi connectivity index (χ3n) is 3.05. The number of anilines is 1. The molecule has 3 rings (SSSR count). The molecule has 0 N–H and O–H groups in total. The first kappa shape index (κ1) is 13.3. The topological polar surface area (TPSA) is 29.0 Å². The van der Waals surface area contributed by atoms with Crippen molar-refractivity contribution in [3.8, 4) is 0 Å². The molecule has 2 aromatic heterocycles. The largest absolute Gasteiger partial charge is 0.354 e. The van der Waals surface area contributed by atoms with E-state index in [0.29, 0.717) is 11.1 Å². The highest BCUT2D eigenvalue weighted by Gasteiger charge is 2.27. The Bertz CT molecular complexity index is 597. The third-order valence-corrected chi connectivity index (χ3v) is 4.92. The molecule has 1 fully saturated rings. The Hall–Kier alpha value is -0.650. The molecule has 3 nitrogen and oxygen atoms in total. The highest BCUT2D eigenvalue weighted by molar-refractivity contribution is 9.10. The number of thiophene rings is 1. The van der Waals surface area contributed by atoms with Crippen molar-refractivity contribution in [2.24, 2.45) is 0 Å². The summed E-state index contributed by atoms with van der Waals surface area (Å²) in [5, 5.41) is 2.62. The summed E-state index contributed by atoms with van der Waals surface area (Å²) in [6.45, 7) is 0.827. The van der Waals surface area contributed by atoms with Crippen LogP contribution in [-0.4, -0.2) is 17.0 Å². The number of hydrogen-bond acceptors (Lipinski definition) is 4. The van der Waals surface area contributed by atoms with E-state index >= 15 is 0 Å². The normalized spacial score (nSPS) is 14.7. The molecular formula is C13H13BrClN3S. The number of hydrogen-bond donors (Lipinski definition) is 0. The number of aromatic nitrogens is 2. The predicted octanol–water partition coefficient (Wildman–Crippen LogP) is 4.47. The fourth-order valence-electron chi connectivity index (χ4n) is 1.89. The molecule has 2 heterocycles. The fraction of sp³-hybridized carbons (Fsp3) is 0.385. The summed E-state index contributed by atoms with van der Waals surface area (Å²) in [6, 6.07) is 3.96. The van der Waals surface area contributed by atoms with Gasteiger partial charge in [-0.3, -0.25) is 0 Å². The summed E-state index contributed by atoms with van der Waals surface area (Å²) >= 11 is 11.3. The minimum absolute atomic E-state index is 0.515. The summed E-state index contributed by atoms with van der Waals surface area (Å²) in [6.07, 6.45) is 2.36. The van der Waals surface area contributed by atoms with E-state index in [1.54, 1.807) is 11.3 Å². The lowest BCUT2D eigenvalue weighted by Crippen LogP contribution is -2.18. The van der Waals surface area contributed by atoms with Crippen LogP contribution in [0.3, 0.4) is 0 Å². The van der Waals surface area contributed by atoms with E-state index in [-0.39, 0.29) is 0 Å². The SMILES string of the molecule is CN(Cc1cc(Br)cs1)c1cc(Cl)nc(C2CC2)n1. The van der Waals surface area contributed by atoms with Crippen LogP contribution in [0.1, 0.15) is 29.5 Å². The van der Waals surface area contributed by atoms with Crippen LogP contribution in [0.5, 0.6) is 0 Å². The van der Waals surface area contributed by atoms with E-state index in [9.17, 15) is 0 Å². The van der Waals surface area contributed by atoms with Gasteiger partial charge in [-0.1, -0.05) is 11.6 Å². The van der Waals surface area contributed by atoms with Crippen LogP contribution < -0.4 is 4.90 Å². The van der Waals surface area contributed by atoms with E-state index in [4.69, 9.17) is 11.6 Å². The van der Waals surface area contributed by atoms with Gasteiger partial charge in [0, 0.05) is 33.8 Å². The van der Waals surface area contributed by atoms with Crippen LogP contribution in [0.2, 0.25) is 5.15 Å². The minimum Gasteiger partial charge on any atom is -0.354 e. The first-order valence-electron chi connectivity index (χ1n) is 6.10. The number of halogens is 2. The molecule has 1 saturated carbocycles. The van der Waals surface area contributed by atoms with Gasteiger partial charge < -0.3 is 4.90 Å². The molecule has 0 atom stereocenters. The van der Waals surface area contributed by atoms with Crippen molar-refractivity contribution in [2.45, 2.75) is 25.3 Å². The molecule has 0 radical (unpaired) electrons. The van der Waals surface area contributed by atoms with Gasteiger partial charge in [-0.25, -0.2) is 9.97 Å². The van der Waals surface area contributed by atoms with Crippen LogP contribution in [0, 0.1) is 0 Å². The summed E-state index contributed by atoms with van der Waals surface area (Å²) in [5.74, 6) is 2.30. The van der Waals surface area contributed by atoms with Crippen molar-refractivity contribution in [2.75, 3.05) is 11.9 Å². The van der Waals surface area contributed by atoms with Gasteiger partial charge in [0.2, 0.25) is 0 Å². The molecule has 100 valence electrons. The zero-order chi connectivity index (χ0) is 13.4. The van der Waals surface area contributed by atoms with Gasteiger partial charge in [0.1, 0.15) is 16.8 Å². The van der Waals surface area contributed by atoms with Gasteiger partial charge in [-0.15, -0.1) is 11.3 Å². The van der Waals surface area contributed by atoms with Crippen molar-refractivity contribution in [3.05, 3.63) is 37.8 Å². The maximum absolute atomic E-state index is 6.09. The summed E-state index contributed by atoms with van der Waals surface area (Å²) in [4.78, 5) is 12.3. The summed E-state index contributed by atoms with van der Waals surface area (Å²) in [7, 11) is 2.03. The molecule has 0 aromatic carbocycles. The minimum atomic E-state index is 0.515. The van der Waals surface area contributed by atoms with E-state index in [0.717, 1.165) is 22.7 Å². The number of rotatable bonds is 4. The van der Waals surface area contributed by atoms with Crippen molar-refractivity contribution >= 4 is 44.7 Å². The van der Waals surface area contributed by atoms with Gasteiger partial charge in [0.15, 0.2) is 0 Å². The lowest BCUT2D eigenvalue weighted by molar-refractivity contribution is 0.861. The molecule has 0 unspecified atom stereocenters. The van der Waals surface area contributed by atoms with Gasteiger partial charge in [0.25, 0.3) is 0 Å². The van der Waals surface area contributed by atoms with E-state index in [1.165, 1.54) is 17.7 Å². The second kappa shape index (κ2) is 5.38. The van der Waals surface area contributed by atoms with Crippen molar-refractivity contribution in [3.63, 3.8) is 0 Å². The first-order chi connectivity index (χ1) is 9.11. The molecule has 19 heavy (non-hydrogen) atoms. The van der Waals surface area contributed by atoms with E-state index < -0.39 is 0 Å². The molecule has 0 saturated heterocycles. The van der Waals surface area contributed by atoms with Crippen LogP contribution in [-0.2, 0) is 6.54 Å². The Balaban J connectivity index is 1.80. The molecule has 0 spiro atoms. The Labute approximate surface area is 129 Å². The Morgan fingerprint density at radius 3 is 2.84 bits per heavy atom. The van der Waals surface area contributed by atoms with Gasteiger partial charge in [-0.05, 0) is 34.8 Å². The average molecular weight is 359 g/mol. The molecule has 0 amide bonds. The molecule has 6 heteroatoms.